The number of hydrogen-bond acceptors (Lipinski definition) is 4. The zero-order valence-corrected chi connectivity index (χ0v) is 12.5. The molecule has 110 valence electrons. The maximum atomic E-state index is 9.43. The molecule has 1 aliphatic heterocycles. The van der Waals surface area contributed by atoms with Crippen molar-refractivity contribution in [2.75, 3.05) is 36.0 Å². The maximum Gasteiger partial charge on any atom is 0.0703 e. The molecule has 1 saturated heterocycles. The Bertz CT molecular complexity index is 612. The fourth-order valence-electron chi connectivity index (χ4n) is 2.73. The molecule has 1 N–H and O–H groups in total. The van der Waals surface area contributed by atoms with Gasteiger partial charge in [-0.05, 0) is 18.2 Å². The normalized spacial score (nSPS) is 15.3. The first-order valence-electron chi connectivity index (χ1n) is 7.08. The summed E-state index contributed by atoms with van der Waals surface area (Å²) in [7, 11) is 0. The molecular weight excluding hydrogens is 286 g/mol. The van der Waals surface area contributed by atoms with Crippen LogP contribution in [0.4, 0.5) is 11.4 Å². The third kappa shape index (κ3) is 2.96. The summed E-state index contributed by atoms with van der Waals surface area (Å²) in [5, 5.41) is 10.2. The molecule has 0 aliphatic carbocycles. The van der Waals surface area contributed by atoms with Gasteiger partial charge in [0, 0.05) is 37.9 Å². The number of nitrogens with zero attached hydrogens (tertiary/aromatic N) is 3. The van der Waals surface area contributed by atoms with Gasteiger partial charge in [-0.15, -0.1) is 0 Å². The SMILES string of the molecule is OCc1ccncc1N1CCN(c2ccccc2Cl)CC1. The number of halogens is 1. The van der Waals surface area contributed by atoms with Crippen LogP contribution in [0.15, 0.2) is 42.7 Å². The van der Waals surface area contributed by atoms with Crippen molar-refractivity contribution in [2.24, 2.45) is 0 Å². The summed E-state index contributed by atoms with van der Waals surface area (Å²) in [6, 6.07) is 9.81. The summed E-state index contributed by atoms with van der Waals surface area (Å²) in [5.41, 5.74) is 3.04. The Labute approximate surface area is 129 Å². The largest absolute Gasteiger partial charge is 0.392 e. The number of para-hydroxylation sites is 1. The van der Waals surface area contributed by atoms with Gasteiger partial charge in [-0.3, -0.25) is 4.98 Å². The molecule has 0 bridgehead atoms. The Kier molecular flexibility index (Phi) is 4.27. The van der Waals surface area contributed by atoms with Gasteiger partial charge in [0.05, 0.1) is 29.2 Å². The van der Waals surface area contributed by atoms with Crippen molar-refractivity contribution in [1.29, 1.82) is 0 Å². The number of benzene rings is 1. The smallest absolute Gasteiger partial charge is 0.0703 e. The molecule has 21 heavy (non-hydrogen) atoms. The van der Waals surface area contributed by atoms with Crippen LogP contribution in [0.3, 0.4) is 0 Å². The van der Waals surface area contributed by atoms with Gasteiger partial charge in [0.2, 0.25) is 0 Å². The second-order valence-electron chi connectivity index (χ2n) is 5.09. The van der Waals surface area contributed by atoms with Gasteiger partial charge in [-0.2, -0.15) is 0 Å². The van der Waals surface area contributed by atoms with Crippen molar-refractivity contribution in [3.63, 3.8) is 0 Å². The molecule has 2 heterocycles. The molecule has 1 fully saturated rings. The molecule has 2 aromatic rings. The predicted octanol–water partition coefficient (Wildman–Crippen LogP) is 2.55. The molecule has 0 unspecified atom stereocenters. The van der Waals surface area contributed by atoms with Crippen LogP contribution in [-0.2, 0) is 6.61 Å². The second kappa shape index (κ2) is 6.33. The van der Waals surface area contributed by atoms with Gasteiger partial charge in [0.15, 0.2) is 0 Å². The fourth-order valence-corrected chi connectivity index (χ4v) is 2.99. The Morgan fingerprint density at radius 2 is 1.67 bits per heavy atom. The topological polar surface area (TPSA) is 39.6 Å². The number of hydrogen-bond donors (Lipinski definition) is 1. The maximum absolute atomic E-state index is 9.43. The van der Waals surface area contributed by atoms with Crippen molar-refractivity contribution in [2.45, 2.75) is 6.61 Å². The number of rotatable bonds is 3. The Balaban J connectivity index is 1.72. The van der Waals surface area contributed by atoms with E-state index in [0.717, 1.165) is 48.1 Å². The number of aromatic nitrogens is 1. The lowest BCUT2D eigenvalue weighted by Crippen LogP contribution is -2.47. The van der Waals surface area contributed by atoms with Gasteiger partial charge in [0.25, 0.3) is 0 Å². The summed E-state index contributed by atoms with van der Waals surface area (Å²) in [4.78, 5) is 8.74. The van der Waals surface area contributed by atoms with E-state index >= 15 is 0 Å². The minimum atomic E-state index is 0.0442. The number of aliphatic hydroxyl groups is 1. The van der Waals surface area contributed by atoms with E-state index in [1.807, 2.05) is 30.5 Å². The van der Waals surface area contributed by atoms with Crippen molar-refractivity contribution in [3.8, 4) is 0 Å². The number of piperazine rings is 1. The Morgan fingerprint density at radius 1 is 1.00 bits per heavy atom. The van der Waals surface area contributed by atoms with Gasteiger partial charge in [-0.1, -0.05) is 23.7 Å². The lowest BCUT2D eigenvalue weighted by Gasteiger charge is -2.38. The van der Waals surface area contributed by atoms with Crippen LogP contribution in [-0.4, -0.2) is 36.3 Å². The van der Waals surface area contributed by atoms with Crippen LogP contribution in [0.1, 0.15) is 5.56 Å². The lowest BCUT2D eigenvalue weighted by molar-refractivity contribution is 0.282. The molecule has 0 amide bonds. The molecule has 4 nitrogen and oxygen atoms in total. The van der Waals surface area contributed by atoms with Crippen LogP contribution in [0.25, 0.3) is 0 Å². The van der Waals surface area contributed by atoms with Gasteiger partial charge >= 0.3 is 0 Å². The van der Waals surface area contributed by atoms with E-state index < -0.39 is 0 Å². The van der Waals surface area contributed by atoms with Crippen LogP contribution >= 0.6 is 11.6 Å². The number of aliphatic hydroxyl groups excluding tert-OH is 1. The van der Waals surface area contributed by atoms with Crippen LogP contribution in [0.2, 0.25) is 5.02 Å². The van der Waals surface area contributed by atoms with E-state index in [1.54, 1.807) is 6.20 Å². The molecule has 0 saturated carbocycles. The van der Waals surface area contributed by atoms with Crippen molar-refractivity contribution in [1.82, 2.24) is 4.98 Å². The average Bonchev–Trinajstić information content (AvgIpc) is 2.55. The van der Waals surface area contributed by atoms with E-state index in [2.05, 4.69) is 20.9 Å². The summed E-state index contributed by atoms with van der Waals surface area (Å²) >= 11 is 6.26. The van der Waals surface area contributed by atoms with Crippen LogP contribution < -0.4 is 9.80 Å². The molecule has 0 radical (unpaired) electrons. The summed E-state index contributed by atoms with van der Waals surface area (Å²) < 4.78 is 0. The molecule has 0 atom stereocenters. The molecule has 1 aliphatic rings. The fraction of sp³-hybridized carbons (Fsp3) is 0.312. The summed E-state index contributed by atoms with van der Waals surface area (Å²) in [6.45, 7) is 3.64. The van der Waals surface area contributed by atoms with Crippen LogP contribution in [0, 0.1) is 0 Å². The molecular formula is C16H18ClN3O. The van der Waals surface area contributed by atoms with Crippen molar-refractivity contribution < 1.29 is 5.11 Å². The zero-order valence-electron chi connectivity index (χ0n) is 11.7. The van der Waals surface area contributed by atoms with Gasteiger partial charge in [0.1, 0.15) is 0 Å². The zero-order chi connectivity index (χ0) is 14.7. The highest BCUT2D eigenvalue weighted by molar-refractivity contribution is 6.33. The van der Waals surface area contributed by atoms with Gasteiger partial charge in [-0.25, -0.2) is 0 Å². The first-order chi connectivity index (χ1) is 10.3. The van der Waals surface area contributed by atoms with E-state index in [1.165, 1.54) is 0 Å². The summed E-state index contributed by atoms with van der Waals surface area (Å²) in [5.74, 6) is 0. The Morgan fingerprint density at radius 3 is 2.33 bits per heavy atom. The highest BCUT2D eigenvalue weighted by Crippen LogP contribution is 2.27. The van der Waals surface area contributed by atoms with E-state index in [-0.39, 0.29) is 6.61 Å². The first-order valence-corrected chi connectivity index (χ1v) is 7.45. The average molecular weight is 304 g/mol. The van der Waals surface area contributed by atoms with Crippen molar-refractivity contribution >= 4 is 23.0 Å². The standard InChI is InChI=1S/C16H18ClN3O/c17-14-3-1-2-4-15(14)19-7-9-20(10-8-19)16-11-18-6-5-13(16)12-21/h1-6,11,21H,7-10,12H2. The molecule has 1 aromatic heterocycles. The van der Waals surface area contributed by atoms with Gasteiger partial charge < -0.3 is 14.9 Å². The van der Waals surface area contributed by atoms with E-state index in [9.17, 15) is 5.11 Å². The molecule has 5 heteroatoms. The first kappa shape index (κ1) is 14.2. The third-order valence-electron chi connectivity index (χ3n) is 3.87. The lowest BCUT2D eigenvalue weighted by atomic mass is 10.2. The highest BCUT2D eigenvalue weighted by atomic mass is 35.5. The molecule has 1 aromatic carbocycles. The molecule has 3 rings (SSSR count). The number of pyridine rings is 1. The minimum Gasteiger partial charge on any atom is -0.392 e. The van der Waals surface area contributed by atoms with Crippen molar-refractivity contribution in [3.05, 3.63) is 53.3 Å². The quantitative estimate of drug-likeness (QED) is 0.946. The Hall–Kier alpha value is -1.78. The van der Waals surface area contributed by atoms with E-state index in [4.69, 9.17) is 11.6 Å². The molecule has 0 spiro atoms. The number of anilines is 2. The third-order valence-corrected chi connectivity index (χ3v) is 4.19. The monoisotopic (exact) mass is 303 g/mol. The second-order valence-corrected chi connectivity index (χ2v) is 5.50. The highest BCUT2D eigenvalue weighted by Gasteiger charge is 2.20. The van der Waals surface area contributed by atoms with Crippen LogP contribution in [0.5, 0.6) is 0 Å². The minimum absolute atomic E-state index is 0.0442. The predicted molar refractivity (Wildman–Crippen MR) is 86.0 cm³/mol. The summed E-state index contributed by atoms with van der Waals surface area (Å²) in [6.07, 6.45) is 3.55. The van der Waals surface area contributed by atoms with E-state index in [0.29, 0.717) is 0 Å².